The van der Waals surface area contributed by atoms with Crippen molar-refractivity contribution >= 4 is 0 Å². The lowest BCUT2D eigenvalue weighted by atomic mass is 10.1. The van der Waals surface area contributed by atoms with Crippen LogP contribution in [0.4, 0.5) is 0 Å². The van der Waals surface area contributed by atoms with E-state index in [-0.39, 0.29) is 19.0 Å². The van der Waals surface area contributed by atoms with Crippen LogP contribution >= 0.6 is 0 Å². The van der Waals surface area contributed by atoms with Crippen LogP contribution < -0.4 is 0 Å². The fourth-order valence-corrected chi connectivity index (χ4v) is 1.63. The Hall–Kier alpha value is -1.10. The highest BCUT2D eigenvalue weighted by Crippen LogP contribution is 2.19. The van der Waals surface area contributed by atoms with Gasteiger partial charge >= 0.3 is 0 Å². The minimum atomic E-state index is 0.0482. The minimum absolute atomic E-state index is 0.0482. The highest BCUT2D eigenvalue weighted by molar-refractivity contribution is 5.35. The largest absolute Gasteiger partial charge is 0.508 e. The number of aromatic hydroxyl groups is 1. The second kappa shape index (κ2) is 6.48. The molecule has 1 aromatic rings. The quantitative estimate of drug-likeness (QED) is 0.659. The summed E-state index contributed by atoms with van der Waals surface area (Å²) in [6, 6.07) is 5.43. The van der Waals surface area contributed by atoms with Crippen LogP contribution in [0.15, 0.2) is 18.2 Å². The molecule has 4 heteroatoms. The van der Waals surface area contributed by atoms with Crippen LogP contribution in [-0.4, -0.2) is 46.5 Å². The van der Waals surface area contributed by atoms with Gasteiger partial charge in [-0.2, -0.15) is 0 Å². The topological polar surface area (TPSA) is 63.9 Å². The van der Waals surface area contributed by atoms with Crippen LogP contribution in [0, 0.1) is 6.92 Å². The van der Waals surface area contributed by atoms with Gasteiger partial charge in [0.05, 0.1) is 13.2 Å². The average molecular weight is 225 g/mol. The number of hydrogen-bond donors (Lipinski definition) is 3. The van der Waals surface area contributed by atoms with Crippen LogP contribution in [0.25, 0.3) is 0 Å². The highest BCUT2D eigenvalue weighted by atomic mass is 16.3. The number of aliphatic hydroxyl groups is 2. The normalized spacial score (nSPS) is 11.0. The highest BCUT2D eigenvalue weighted by Gasteiger charge is 2.08. The summed E-state index contributed by atoms with van der Waals surface area (Å²) in [5, 5.41) is 27.4. The molecule has 0 aromatic heterocycles. The van der Waals surface area contributed by atoms with Crippen molar-refractivity contribution in [3.05, 3.63) is 29.3 Å². The number of benzene rings is 1. The minimum Gasteiger partial charge on any atom is -0.508 e. The molecule has 0 radical (unpaired) electrons. The number of aryl methyl sites for hydroxylation is 1. The Balaban J connectivity index is 2.71. The summed E-state index contributed by atoms with van der Waals surface area (Å²) in [4.78, 5) is 1.90. The van der Waals surface area contributed by atoms with Gasteiger partial charge in [0.1, 0.15) is 5.75 Å². The SMILES string of the molecule is Cc1ccc(O)c(CN(CCO)CCO)c1. The maximum atomic E-state index is 9.67. The number of phenolic OH excluding ortho intramolecular Hbond substituents is 1. The monoisotopic (exact) mass is 225 g/mol. The predicted molar refractivity (Wildman–Crippen MR) is 62.3 cm³/mol. The molecule has 4 nitrogen and oxygen atoms in total. The van der Waals surface area contributed by atoms with Crippen molar-refractivity contribution < 1.29 is 15.3 Å². The Kier molecular flexibility index (Phi) is 5.25. The molecule has 1 rings (SSSR count). The zero-order valence-electron chi connectivity index (χ0n) is 9.56. The summed E-state index contributed by atoms with van der Waals surface area (Å²) in [6.45, 7) is 3.58. The third-order valence-corrected chi connectivity index (χ3v) is 2.46. The molecule has 0 spiro atoms. The van der Waals surface area contributed by atoms with Crippen LogP contribution in [-0.2, 0) is 6.54 Å². The van der Waals surface area contributed by atoms with Crippen molar-refractivity contribution in [3.63, 3.8) is 0 Å². The Labute approximate surface area is 95.8 Å². The molecule has 0 heterocycles. The zero-order chi connectivity index (χ0) is 12.0. The molecular formula is C12H19NO3. The van der Waals surface area contributed by atoms with Gasteiger partial charge in [0.15, 0.2) is 0 Å². The van der Waals surface area contributed by atoms with Crippen molar-refractivity contribution in [1.82, 2.24) is 4.90 Å². The van der Waals surface area contributed by atoms with E-state index in [0.717, 1.165) is 11.1 Å². The maximum absolute atomic E-state index is 9.67. The molecule has 0 atom stereocenters. The molecule has 16 heavy (non-hydrogen) atoms. The lowest BCUT2D eigenvalue weighted by molar-refractivity contribution is 0.155. The summed E-state index contributed by atoms with van der Waals surface area (Å²) in [5.41, 5.74) is 1.91. The first-order valence-electron chi connectivity index (χ1n) is 5.40. The number of hydrogen-bond acceptors (Lipinski definition) is 4. The van der Waals surface area contributed by atoms with E-state index in [2.05, 4.69) is 0 Å². The van der Waals surface area contributed by atoms with E-state index < -0.39 is 0 Å². The lowest BCUT2D eigenvalue weighted by Crippen LogP contribution is -2.29. The summed E-state index contributed by atoms with van der Waals surface area (Å²) >= 11 is 0. The third kappa shape index (κ3) is 3.81. The van der Waals surface area contributed by atoms with Crippen LogP contribution in [0.3, 0.4) is 0 Å². The zero-order valence-corrected chi connectivity index (χ0v) is 9.56. The number of phenols is 1. The molecule has 0 bridgehead atoms. The second-order valence-corrected chi connectivity index (χ2v) is 3.86. The maximum Gasteiger partial charge on any atom is 0.120 e. The van der Waals surface area contributed by atoms with E-state index in [1.54, 1.807) is 6.07 Å². The van der Waals surface area contributed by atoms with Gasteiger partial charge in [0, 0.05) is 25.2 Å². The van der Waals surface area contributed by atoms with E-state index in [4.69, 9.17) is 10.2 Å². The average Bonchev–Trinajstić information content (AvgIpc) is 2.24. The Morgan fingerprint density at radius 2 is 1.75 bits per heavy atom. The molecule has 3 N–H and O–H groups in total. The fourth-order valence-electron chi connectivity index (χ4n) is 1.63. The van der Waals surface area contributed by atoms with Gasteiger partial charge in [0.25, 0.3) is 0 Å². The summed E-state index contributed by atoms with van der Waals surface area (Å²) in [7, 11) is 0. The molecule has 1 aromatic carbocycles. The van der Waals surface area contributed by atoms with Gasteiger partial charge in [-0.05, 0) is 13.0 Å². The van der Waals surface area contributed by atoms with E-state index in [1.807, 2.05) is 24.0 Å². The van der Waals surface area contributed by atoms with Gasteiger partial charge in [-0.3, -0.25) is 4.90 Å². The molecule has 0 saturated carbocycles. The van der Waals surface area contributed by atoms with Gasteiger partial charge in [-0.15, -0.1) is 0 Å². The molecule has 0 fully saturated rings. The standard InChI is InChI=1S/C12H19NO3/c1-10-2-3-12(16)11(8-10)9-13(4-6-14)5-7-15/h2-3,8,14-16H,4-7,9H2,1H3. The summed E-state index contributed by atoms with van der Waals surface area (Å²) in [5.74, 6) is 0.256. The fraction of sp³-hybridized carbons (Fsp3) is 0.500. The van der Waals surface area contributed by atoms with Crippen molar-refractivity contribution in [1.29, 1.82) is 0 Å². The smallest absolute Gasteiger partial charge is 0.120 e. The Morgan fingerprint density at radius 3 is 2.31 bits per heavy atom. The molecule has 0 amide bonds. The number of nitrogens with zero attached hydrogens (tertiary/aromatic N) is 1. The first-order valence-corrected chi connectivity index (χ1v) is 5.40. The summed E-state index contributed by atoms with van der Waals surface area (Å²) < 4.78 is 0. The predicted octanol–water partition coefficient (Wildman–Crippen LogP) is 0.487. The Bertz CT molecular complexity index is 322. The molecule has 0 saturated heterocycles. The molecular weight excluding hydrogens is 206 g/mol. The van der Waals surface area contributed by atoms with E-state index in [9.17, 15) is 5.11 Å². The van der Waals surface area contributed by atoms with E-state index in [0.29, 0.717) is 19.6 Å². The van der Waals surface area contributed by atoms with E-state index in [1.165, 1.54) is 0 Å². The van der Waals surface area contributed by atoms with Gasteiger partial charge in [-0.25, -0.2) is 0 Å². The molecule has 0 aliphatic heterocycles. The Morgan fingerprint density at radius 1 is 1.12 bits per heavy atom. The first-order chi connectivity index (χ1) is 7.67. The molecule has 0 unspecified atom stereocenters. The molecule has 0 aliphatic rings. The number of rotatable bonds is 6. The van der Waals surface area contributed by atoms with Crippen molar-refractivity contribution in [2.75, 3.05) is 26.3 Å². The van der Waals surface area contributed by atoms with E-state index >= 15 is 0 Å². The van der Waals surface area contributed by atoms with Crippen molar-refractivity contribution in [2.45, 2.75) is 13.5 Å². The van der Waals surface area contributed by atoms with Gasteiger partial charge in [-0.1, -0.05) is 17.7 Å². The summed E-state index contributed by atoms with van der Waals surface area (Å²) in [6.07, 6.45) is 0. The van der Waals surface area contributed by atoms with Crippen LogP contribution in [0.2, 0.25) is 0 Å². The third-order valence-electron chi connectivity index (χ3n) is 2.46. The van der Waals surface area contributed by atoms with Gasteiger partial charge < -0.3 is 15.3 Å². The molecule has 0 aliphatic carbocycles. The van der Waals surface area contributed by atoms with Crippen LogP contribution in [0.1, 0.15) is 11.1 Å². The number of aliphatic hydroxyl groups excluding tert-OH is 2. The lowest BCUT2D eigenvalue weighted by Gasteiger charge is -2.20. The molecule has 90 valence electrons. The van der Waals surface area contributed by atoms with Crippen LogP contribution in [0.5, 0.6) is 5.75 Å². The first kappa shape index (κ1) is 13.0. The van der Waals surface area contributed by atoms with Gasteiger partial charge in [0.2, 0.25) is 0 Å². The van der Waals surface area contributed by atoms with Crippen molar-refractivity contribution in [3.8, 4) is 5.75 Å². The second-order valence-electron chi connectivity index (χ2n) is 3.86. The van der Waals surface area contributed by atoms with Crippen molar-refractivity contribution in [2.24, 2.45) is 0 Å².